The van der Waals surface area contributed by atoms with Crippen LogP contribution in [0, 0.1) is 11.3 Å². The maximum Gasteiger partial charge on any atom is 0.0908 e. The average Bonchev–Trinajstić information content (AvgIpc) is 1.82. The molecular formula is C6H15N3. The highest BCUT2D eigenvalue weighted by atomic mass is 14.7. The van der Waals surface area contributed by atoms with Gasteiger partial charge in [-0.1, -0.05) is 13.3 Å². The van der Waals surface area contributed by atoms with E-state index in [9.17, 15) is 0 Å². The smallest absolute Gasteiger partial charge is 0.0908 e. The Morgan fingerprint density at radius 2 is 2.22 bits per heavy atom. The fraction of sp³-hybridized carbons (Fsp3) is 0.833. The Bertz CT molecular complexity index is 86.3. The van der Waals surface area contributed by atoms with E-state index >= 15 is 0 Å². The monoisotopic (exact) mass is 129 g/mol. The number of amidine groups is 1. The summed E-state index contributed by atoms with van der Waals surface area (Å²) < 4.78 is 0. The van der Waals surface area contributed by atoms with Gasteiger partial charge in [0.25, 0.3) is 0 Å². The van der Waals surface area contributed by atoms with E-state index in [4.69, 9.17) is 16.9 Å². The van der Waals surface area contributed by atoms with E-state index in [1.807, 2.05) is 0 Å². The number of nitrogens with two attached hydrogens (primary N) is 2. The van der Waals surface area contributed by atoms with Crippen LogP contribution >= 0.6 is 0 Å². The van der Waals surface area contributed by atoms with Gasteiger partial charge in [0.2, 0.25) is 0 Å². The van der Waals surface area contributed by atoms with Crippen molar-refractivity contribution in [3.63, 3.8) is 0 Å². The Labute approximate surface area is 55.9 Å². The zero-order valence-electron chi connectivity index (χ0n) is 5.85. The Morgan fingerprint density at radius 1 is 1.67 bits per heavy atom. The third-order valence-corrected chi connectivity index (χ3v) is 1.42. The fourth-order valence-corrected chi connectivity index (χ4v) is 0.705. The third-order valence-electron chi connectivity index (χ3n) is 1.42. The maximum absolute atomic E-state index is 6.95. The van der Waals surface area contributed by atoms with Crippen LogP contribution in [0.15, 0.2) is 0 Å². The predicted molar refractivity (Wildman–Crippen MR) is 39.4 cm³/mol. The van der Waals surface area contributed by atoms with Gasteiger partial charge in [0.15, 0.2) is 0 Å². The van der Waals surface area contributed by atoms with Crippen molar-refractivity contribution in [2.45, 2.75) is 19.8 Å². The van der Waals surface area contributed by atoms with Crippen molar-refractivity contribution in [1.82, 2.24) is 0 Å². The van der Waals surface area contributed by atoms with Crippen LogP contribution in [0.1, 0.15) is 19.8 Å². The van der Waals surface area contributed by atoms with Gasteiger partial charge in [-0.2, -0.15) is 0 Å². The highest BCUT2D eigenvalue weighted by Gasteiger charge is 2.03. The molecule has 0 heterocycles. The minimum absolute atomic E-state index is 0.243. The second kappa shape index (κ2) is 4.32. The molecule has 1 atom stereocenters. The lowest BCUT2D eigenvalue weighted by Crippen LogP contribution is -2.21. The molecule has 54 valence electrons. The van der Waals surface area contributed by atoms with Crippen LogP contribution in [0.3, 0.4) is 0 Å². The Balaban J connectivity index is 3.43. The lowest BCUT2D eigenvalue weighted by molar-refractivity contribution is 0.539. The van der Waals surface area contributed by atoms with Crippen LogP contribution in [0.2, 0.25) is 0 Å². The van der Waals surface area contributed by atoms with Crippen LogP contribution in [0.5, 0.6) is 0 Å². The van der Waals surface area contributed by atoms with Gasteiger partial charge in [-0.25, -0.2) is 0 Å². The Hall–Kier alpha value is -0.570. The molecule has 0 spiro atoms. The van der Waals surface area contributed by atoms with Crippen LogP contribution in [-0.4, -0.2) is 12.4 Å². The van der Waals surface area contributed by atoms with Gasteiger partial charge in [-0.05, 0) is 12.5 Å². The summed E-state index contributed by atoms with van der Waals surface area (Å²) in [6.07, 6.45) is 1.66. The standard InChI is InChI=1S/C6H15N3/c1-2-5(4-7)3-6(8)9/h5H,2-4,7H2,1H3,(H3,8,9). The lowest BCUT2D eigenvalue weighted by Gasteiger charge is -2.08. The Kier molecular flexibility index (Phi) is 4.05. The topological polar surface area (TPSA) is 75.9 Å². The van der Waals surface area contributed by atoms with Crippen molar-refractivity contribution in [3.8, 4) is 0 Å². The maximum atomic E-state index is 6.95. The molecule has 3 heteroatoms. The van der Waals surface area contributed by atoms with Gasteiger partial charge in [0.05, 0.1) is 5.84 Å². The third kappa shape index (κ3) is 3.97. The van der Waals surface area contributed by atoms with Crippen molar-refractivity contribution in [2.75, 3.05) is 6.54 Å². The quantitative estimate of drug-likeness (QED) is 0.377. The van der Waals surface area contributed by atoms with E-state index < -0.39 is 0 Å². The van der Waals surface area contributed by atoms with E-state index in [1.165, 1.54) is 0 Å². The molecule has 0 aromatic carbocycles. The summed E-state index contributed by atoms with van der Waals surface area (Å²) in [7, 11) is 0. The number of hydrogen-bond donors (Lipinski definition) is 3. The zero-order chi connectivity index (χ0) is 7.28. The Morgan fingerprint density at radius 3 is 2.33 bits per heavy atom. The molecule has 0 fully saturated rings. The SMILES string of the molecule is CCC(CN)CC(=N)N. The van der Waals surface area contributed by atoms with Crippen molar-refractivity contribution < 1.29 is 0 Å². The molecule has 0 aliphatic carbocycles. The van der Waals surface area contributed by atoms with Gasteiger partial charge in [-0.15, -0.1) is 0 Å². The van der Waals surface area contributed by atoms with Gasteiger partial charge >= 0.3 is 0 Å². The first-order chi connectivity index (χ1) is 4.20. The average molecular weight is 129 g/mol. The predicted octanol–water partition coefficient (Wildman–Crippen LogP) is 0.297. The molecule has 1 unspecified atom stereocenters. The van der Waals surface area contributed by atoms with Crippen molar-refractivity contribution in [1.29, 1.82) is 5.41 Å². The van der Waals surface area contributed by atoms with E-state index in [0.29, 0.717) is 18.9 Å². The van der Waals surface area contributed by atoms with Gasteiger partial charge in [0, 0.05) is 6.42 Å². The van der Waals surface area contributed by atoms with Crippen LogP contribution in [0.25, 0.3) is 0 Å². The van der Waals surface area contributed by atoms with Gasteiger partial charge in [0.1, 0.15) is 0 Å². The molecular weight excluding hydrogens is 114 g/mol. The molecule has 0 aliphatic rings. The largest absolute Gasteiger partial charge is 0.388 e. The normalized spacial score (nSPS) is 13.1. The summed E-state index contributed by atoms with van der Waals surface area (Å²) >= 11 is 0. The first-order valence-electron chi connectivity index (χ1n) is 3.23. The molecule has 9 heavy (non-hydrogen) atoms. The summed E-state index contributed by atoms with van der Waals surface area (Å²) in [5.74, 6) is 0.648. The fourth-order valence-electron chi connectivity index (χ4n) is 0.705. The molecule has 3 nitrogen and oxygen atoms in total. The van der Waals surface area contributed by atoms with E-state index in [-0.39, 0.29) is 5.84 Å². The molecule has 0 saturated carbocycles. The molecule has 0 aliphatic heterocycles. The summed E-state index contributed by atoms with van der Waals surface area (Å²) in [6, 6.07) is 0. The lowest BCUT2D eigenvalue weighted by atomic mass is 10.0. The van der Waals surface area contributed by atoms with Crippen LogP contribution < -0.4 is 11.5 Å². The van der Waals surface area contributed by atoms with Crippen molar-refractivity contribution in [2.24, 2.45) is 17.4 Å². The summed E-state index contributed by atoms with van der Waals surface area (Å²) in [5.41, 5.74) is 10.6. The summed E-state index contributed by atoms with van der Waals surface area (Å²) in [6.45, 7) is 2.69. The zero-order valence-corrected chi connectivity index (χ0v) is 5.85. The molecule has 0 aromatic rings. The number of rotatable bonds is 4. The molecule has 5 N–H and O–H groups in total. The second-order valence-electron chi connectivity index (χ2n) is 2.24. The molecule has 0 aromatic heterocycles. The molecule has 0 rings (SSSR count). The highest BCUT2D eigenvalue weighted by Crippen LogP contribution is 2.03. The van der Waals surface area contributed by atoms with E-state index in [1.54, 1.807) is 0 Å². The van der Waals surface area contributed by atoms with E-state index in [0.717, 1.165) is 6.42 Å². The van der Waals surface area contributed by atoms with Gasteiger partial charge < -0.3 is 11.5 Å². The molecule has 0 saturated heterocycles. The number of nitrogens with one attached hydrogen (secondary N) is 1. The molecule has 0 bridgehead atoms. The van der Waals surface area contributed by atoms with Gasteiger partial charge in [-0.3, -0.25) is 5.41 Å². The summed E-state index contributed by atoms with van der Waals surface area (Å²) in [5, 5.41) is 6.95. The van der Waals surface area contributed by atoms with Crippen molar-refractivity contribution >= 4 is 5.84 Å². The van der Waals surface area contributed by atoms with Crippen LogP contribution in [0.4, 0.5) is 0 Å². The molecule has 0 radical (unpaired) electrons. The minimum atomic E-state index is 0.243. The highest BCUT2D eigenvalue weighted by molar-refractivity contribution is 5.77. The summed E-state index contributed by atoms with van der Waals surface area (Å²) in [4.78, 5) is 0. The number of hydrogen-bond acceptors (Lipinski definition) is 2. The van der Waals surface area contributed by atoms with E-state index in [2.05, 4.69) is 6.92 Å². The minimum Gasteiger partial charge on any atom is -0.388 e. The van der Waals surface area contributed by atoms with Crippen molar-refractivity contribution in [3.05, 3.63) is 0 Å². The first kappa shape index (κ1) is 8.43. The molecule has 0 amide bonds. The second-order valence-corrected chi connectivity index (χ2v) is 2.24. The van der Waals surface area contributed by atoms with Crippen LogP contribution in [-0.2, 0) is 0 Å². The first-order valence-corrected chi connectivity index (χ1v) is 3.23.